The van der Waals surface area contributed by atoms with E-state index >= 15 is 0 Å². The molecule has 0 radical (unpaired) electrons. The van der Waals surface area contributed by atoms with Gasteiger partial charge in [0, 0.05) is 16.4 Å². The Morgan fingerprint density at radius 1 is 1.07 bits per heavy atom. The number of anilines is 3. The van der Waals surface area contributed by atoms with Gasteiger partial charge in [0.05, 0.1) is 18.1 Å². The first-order valence-corrected chi connectivity index (χ1v) is 4.70. The summed E-state index contributed by atoms with van der Waals surface area (Å²) < 4.78 is 0. The van der Waals surface area contributed by atoms with Crippen LogP contribution in [0.4, 0.5) is 17.1 Å². The van der Waals surface area contributed by atoms with E-state index in [0.29, 0.717) is 10.7 Å². The smallest absolute Gasteiger partial charge is 0.115 e. The number of nitrogen functional groups attached to an aromatic ring is 1. The standard InChI is InChI=1S/C10H9ClN4/c11-7-1-8(12)3-9(2-7)15-10-4-13-6-14-5-10/h1-6,15H,12H2. The van der Waals surface area contributed by atoms with Gasteiger partial charge in [0.2, 0.25) is 0 Å². The van der Waals surface area contributed by atoms with E-state index in [9.17, 15) is 0 Å². The van der Waals surface area contributed by atoms with E-state index in [-0.39, 0.29) is 0 Å². The molecule has 0 unspecified atom stereocenters. The third-order valence-corrected chi connectivity index (χ3v) is 1.99. The number of rotatable bonds is 2. The zero-order chi connectivity index (χ0) is 10.7. The molecule has 2 rings (SSSR count). The van der Waals surface area contributed by atoms with Gasteiger partial charge in [-0.25, -0.2) is 9.97 Å². The largest absolute Gasteiger partial charge is 0.399 e. The van der Waals surface area contributed by atoms with Crippen molar-refractivity contribution >= 4 is 28.7 Å². The van der Waals surface area contributed by atoms with Crippen LogP contribution >= 0.6 is 11.6 Å². The van der Waals surface area contributed by atoms with Gasteiger partial charge in [0.15, 0.2) is 0 Å². The summed E-state index contributed by atoms with van der Waals surface area (Å²) in [6.45, 7) is 0. The van der Waals surface area contributed by atoms with Crippen LogP contribution in [-0.4, -0.2) is 9.97 Å². The van der Waals surface area contributed by atoms with E-state index in [1.165, 1.54) is 6.33 Å². The molecule has 15 heavy (non-hydrogen) atoms. The van der Waals surface area contributed by atoms with E-state index in [0.717, 1.165) is 11.4 Å². The van der Waals surface area contributed by atoms with Crippen molar-refractivity contribution in [2.75, 3.05) is 11.1 Å². The maximum atomic E-state index is 5.87. The summed E-state index contributed by atoms with van der Waals surface area (Å²) in [5, 5.41) is 3.69. The predicted octanol–water partition coefficient (Wildman–Crippen LogP) is 2.46. The lowest BCUT2D eigenvalue weighted by atomic mass is 10.3. The molecule has 4 nitrogen and oxygen atoms in total. The number of aromatic nitrogens is 2. The summed E-state index contributed by atoms with van der Waals surface area (Å²) in [5.41, 5.74) is 7.88. The Balaban J connectivity index is 2.25. The molecule has 1 aromatic carbocycles. The zero-order valence-corrected chi connectivity index (χ0v) is 8.57. The second kappa shape index (κ2) is 4.14. The van der Waals surface area contributed by atoms with Gasteiger partial charge >= 0.3 is 0 Å². The second-order valence-electron chi connectivity index (χ2n) is 3.03. The van der Waals surface area contributed by atoms with Gasteiger partial charge in [-0.15, -0.1) is 0 Å². The molecule has 0 atom stereocenters. The Morgan fingerprint density at radius 2 is 1.80 bits per heavy atom. The van der Waals surface area contributed by atoms with Crippen LogP contribution in [0.15, 0.2) is 36.9 Å². The molecule has 0 aliphatic rings. The fraction of sp³-hybridized carbons (Fsp3) is 0. The Labute approximate surface area is 92.1 Å². The quantitative estimate of drug-likeness (QED) is 0.764. The van der Waals surface area contributed by atoms with Crippen LogP contribution in [-0.2, 0) is 0 Å². The third kappa shape index (κ3) is 2.57. The van der Waals surface area contributed by atoms with Gasteiger partial charge < -0.3 is 11.1 Å². The first-order valence-electron chi connectivity index (χ1n) is 4.32. The Kier molecular flexibility index (Phi) is 2.69. The average molecular weight is 221 g/mol. The number of nitrogens with one attached hydrogen (secondary N) is 1. The highest BCUT2D eigenvalue weighted by Gasteiger charge is 1.98. The molecule has 3 N–H and O–H groups in total. The lowest BCUT2D eigenvalue weighted by Crippen LogP contribution is -1.93. The SMILES string of the molecule is Nc1cc(Cl)cc(Nc2cncnc2)c1. The molecule has 0 amide bonds. The first kappa shape index (κ1) is 9.73. The van der Waals surface area contributed by atoms with Gasteiger partial charge in [-0.3, -0.25) is 0 Å². The summed E-state index contributed by atoms with van der Waals surface area (Å²) in [4.78, 5) is 7.78. The molecular weight excluding hydrogens is 212 g/mol. The maximum Gasteiger partial charge on any atom is 0.115 e. The molecule has 1 heterocycles. The molecule has 0 spiro atoms. The lowest BCUT2D eigenvalue weighted by Gasteiger charge is -2.06. The third-order valence-electron chi connectivity index (χ3n) is 1.77. The van der Waals surface area contributed by atoms with Crippen molar-refractivity contribution < 1.29 is 0 Å². The molecule has 1 aromatic heterocycles. The van der Waals surface area contributed by atoms with Crippen LogP contribution < -0.4 is 11.1 Å². The summed E-state index contributed by atoms with van der Waals surface area (Å²) in [6.07, 6.45) is 4.81. The van der Waals surface area contributed by atoms with Crippen LogP contribution in [0.1, 0.15) is 0 Å². The van der Waals surface area contributed by atoms with E-state index < -0.39 is 0 Å². The topological polar surface area (TPSA) is 63.8 Å². The van der Waals surface area contributed by atoms with Gasteiger partial charge in [-0.2, -0.15) is 0 Å². The van der Waals surface area contributed by atoms with Crippen molar-refractivity contribution in [1.82, 2.24) is 9.97 Å². The van der Waals surface area contributed by atoms with Gasteiger partial charge in [-0.05, 0) is 18.2 Å². The minimum absolute atomic E-state index is 0.592. The molecule has 2 aromatic rings. The minimum Gasteiger partial charge on any atom is -0.399 e. The molecule has 0 aliphatic heterocycles. The van der Waals surface area contributed by atoms with E-state index in [4.69, 9.17) is 17.3 Å². The Hall–Kier alpha value is -1.81. The van der Waals surface area contributed by atoms with Crippen LogP contribution in [0.3, 0.4) is 0 Å². The number of halogens is 1. The molecule has 0 bridgehead atoms. The van der Waals surface area contributed by atoms with Crippen molar-refractivity contribution in [3.8, 4) is 0 Å². The lowest BCUT2D eigenvalue weighted by molar-refractivity contribution is 1.17. The van der Waals surface area contributed by atoms with Crippen LogP contribution in [0.5, 0.6) is 0 Å². The molecule has 76 valence electrons. The van der Waals surface area contributed by atoms with Crippen LogP contribution in [0.2, 0.25) is 5.02 Å². The predicted molar refractivity (Wildman–Crippen MR) is 61.2 cm³/mol. The van der Waals surface area contributed by atoms with Gasteiger partial charge in [0.1, 0.15) is 6.33 Å². The summed E-state index contributed by atoms with van der Waals surface area (Å²) in [5.74, 6) is 0. The summed E-state index contributed by atoms with van der Waals surface area (Å²) in [6, 6.07) is 5.26. The highest BCUT2D eigenvalue weighted by Crippen LogP contribution is 2.22. The molecule has 0 saturated carbocycles. The zero-order valence-electron chi connectivity index (χ0n) is 7.81. The minimum atomic E-state index is 0.592. The second-order valence-corrected chi connectivity index (χ2v) is 3.46. The highest BCUT2D eigenvalue weighted by molar-refractivity contribution is 6.31. The normalized spacial score (nSPS) is 9.93. The van der Waals surface area contributed by atoms with Gasteiger partial charge in [-0.1, -0.05) is 11.6 Å². The Bertz CT molecular complexity index is 438. The van der Waals surface area contributed by atoms with E-state index in [1.54, 1.807) is 30.6 Å². The number of nitrogens with two attached hydrogens (primary N) is 1. The van der Waals surface area contributed by atoms with Crippen molar-refractivity contribution in [3.63, 3.8) is 0 Å². The monoisotopic (exact) mass is 220 g/mol. The van der Waals surface area contributed by atoms with Crippen LogP contribution in [0.25, 0.3) is 0 Å². The molecule has 5 heteroatoms. The first-order chi connectivity index (χ1) is 7.24. The highest BCUT2D eigenvalue weighted by atomic mass is 35.5. The average Bonchev–Trinajstić information content (AvgIpc) is 2.17. The molecule has 0 saturated heterocycles. The van der Waals surface area contributed by atoms with Crippen molar-refractivity contribution in [1.29, 1.82) is 0 Å². The van der Waals surface area contributed by atoms with Crippen LogP contribution in [0, 0.1) is 0 Å². The van der Waals surface area contributed by atoms with E-state index in [1.807, 2.05) is 0 Å². The van der Waals surface area contributed by atoms with E-state index in [2.05, 4.69) is 15.3 Å². The number of nitrogens with zero attached hydrogens (tertiary/aromatic N) is 2. The molecule has 0 aliphatic carbocycles. The van der Waals surface area contributed by atoms with Crippen molar-refractivity contribution in [3.05, 3.63) is 41.9 Å². The number of benzene rings is 1. The maximum absolute atomic E-state index is 5.87. The summed E-state index contributed by atoms with van der Waals surface area (Å²) in [7, 11) is 0. The Morgan fingerprint density at radius 3 is 2.47 bits per heavy atom. The van der Waals surface area contributed by atoms with Crippen molar-refractivity contribution in [2.24, 2.45) is 0 Å². The van der Waals surface area contributed by atoms with Gasteiger partial charge in [0.25, 0.3) is 0 Å². The number of hydrogen-bond acceptors (Lipinski definition) is 4. The molecule has 0 fully saturated rings. The fourth-order valence-corrected chi connectivity index (χ4v) is 1.46. The van der Waals surface area contributed by atoms with Crippen molar-refractivity contribution in [2.45, 2.75) is 0 Å². The number of hydrogen-bond donors (Lipinski definition) is 2. The summed E-state index contributed by atoms with van der Waals surface area (Å²) >= 11 is 5.87. The fourth-order valence-electron chi connectivity index (χ4n) is 1.21. The molecular formula is C10H9ClN4.